The van der Waals surface area contributed by atoms with Gasteiger partial charge >= 0.3 is 0 Å². The molecule has 0 aliphatic heterocycles. The fourth-order valence-corrected chi connectivity index (χ4v) is 2.24. The van der Waals surface area contributed by atoms with Crippen molar-refractivity contribution in [3.63, 3.8) is 0 Å². The van der Waals surface area contributed by atoms with Gasteiger partial charge in [-0.25, -0.2) is 0 Å². The summed E-state index contributed by atoms with van der Waals surface area (Å²) in [6, 6.07) is 16.3. The largest absolute Gasteiger partial charge is 0.506 e. The number of hydrogen-bond acceptors (Lipinski definition) is 2. The van der Waals surface area contributed by atoms with Crippen molar-refractivity contribution >= 4 is 11.6 Å². The van der Waals surface area contributed by atoms with Gasteiger partial charge in [0.05, 0.1) is 5.69 Å². The van der Waals surface area contributed by atoms with Crippen LogP contribution in [0.1, 0.15) is 15.9 Å². The van der Waals surface area contributed by atoms with E-state index in [0.717, 1.165) is 11.3 Å². The number of amides is 1. The molecule has 0 aliphatic rings. The minimum atomic E-state index is -0.250. The fourth-order valence-electron chi connectivity index (χ4n) is 2.24. The van der Waals surface area contributed by atoms with Gasteiger partial charge in [0.1, 0.15) is 5.75 Å². The first-order valence-electron chi connectivity index (χ1n) is 6.98. The average Bonchev–Trinajstić information content (AvgIpc) is 3.05. The lowest BCUT2D eigenvalue weighted by Gasteiger charge is -2.09. The molecule has 22 heavy (non-hydrogen) atoms. The lowest BCUT2D eigenvalue weighted by molar-refractivity contribution is 0.102. The molecule has 0 unspecified atom stereocenters. The SMILES string of the molecule is Cc1ccc(O)c(NC(=O)c2ccc(-n3cccc3)cc2)c1. The maximum Gasteiger partial charge on any atom is 0.255 e. The number of aromatic hydroxyl groups is 1. The van der Waals surface area contributed by atoms with Crippen LogP contribution >= 0.6 is 0 Å². The van der Waals surface area contributed by atoms with Crippen molar-refractivity contribution in [2.24, 2.45) is 0 Å². The molecular weight excluding hydrogens is 276 g/mol. The number of hydrogen-bond donors (Lipinski definition) is 2. The number of benzene rings is 2. The van der Waals surface area contributed by atoms with Crippen LogP contribution in [0.3, 0.4) is 0 Å². The molecule has 4 nitrogen and oxygen atoms in total. The summed E-state index contributed by atoms with van der Waals surface area (Å²) in [5, 5.41) is 12.5. The van der Waals surface area contributed by atoms with Crippen LogP contribution in [0.4, 0.5) is 5.69 Å². The molecule has 0 saturated carbocycles. The van der Waals surface area contributed by atoms with E-state index < -0.39 is 0 Å². The summed E-state index contributed by atoms with van der Waals surface area (Å²) in [6.45, 7) is 1.90. The van der Waals surface area contributed by atoms with E-state index in [2.05, 4.69) is 5.32 Å². The van der Waals surface area contributed by atoms with Gasteiger partial charge in [-0.15, -0.1) is 0 Å². The normalized spacial score (nSPS) is 10.4. The van der Waals surface area contributed by atoms with Crippen LogP contribution in [-0.4, -0.2) is 15.6 Å². The van der Waals surface area contributed by atoms with Crippen molar-refractivity contribution in [3.05, 3.63) is 78.1 Å². The van der Waals surface area contributed by atoms with Gasteiger partial charge < -0.3 is 15.0 Å². The molecule has 0 saturated heterocycles. The Morgan fingerprint density at radius 3 is 2.41 bits per heavy atom. The second-order valence-electron chi connectivity index (χ2n) is 5.11. The van der Waals surface area contributed by atoms with E-state index in [1.54, 1.807) is 30.3 Å². The number of aryl methyl sites for hydroxylation is 1. The number of nitrogens with zero attached hydrogens (tertiary/aromatic N) is 1. The Hall–Kier alpha value is -3.01. The van der Waals surface area contributed by atoms with Gasteiger partial charge in [0.15, 0.2) is 0 Å². The van der Waals surface area contributed by atoms with Gasteiger partial charge in [0.25, 0.3) is 5.91 Å². The van der Waals surface area contributed by atoms with Crippen molar-refractivity contribution in [2.45, 2.75) is 6.92 Å². The van der Waals surface area contributed by atoms with Crippen LogP contribution in [0.15, 0.2) is 67.0 Å². The molecule has 3 aromatic rings. The van der Waals surface area contributed by atoms with E-state index >= 15 is 0 Å². The van der Waals surface area contributed by atoms with Gasteiger partial charge in [-0.05, 0) is 61.0 Å². The van der Waals surface area contributed by atoms with Crippen molar-refractivity contribution in [1.29, 1.82) is 0 Å². The second-order valence-corrected chi connectivity index (χ2v) is 5.11. The molecule has 0 spiro atoms. The topological polar surface area (TPSA) is 54.3 Å². The summed E-state index contributed by atoms with van der Waals surface area (Å²) in [6.07, 6.45) is 3.89. The van der Waals surface area contributed by atoms with Crippen LogP contribution in [0.5, 0.6) is 5.75 Å². The van der Waals surface area contributed by atoms with Crippen LogP contribution in [-0.2, 0) is 0 Å². The molecule has 0 radical (unpaired) electrons. The van der Waals surface area contributed by atoms with Crippen molar-refractivity contribution in [2.75, 3.05) is 5.32 Å². The lowest BCUT2D eigenvalue weighted by Crippen LogP contribution is -2.12. The van der Waals surface area contributed by atoms with Crippen molar-refractivity contribution in [3.8, 4) is 11.4 Å². The minimum Gasteiger partial charge on any atom is -0.506 e. The molecule has 0 bridgehead atoms. The van der Waals surface area contributed by atoms with E-state index in [0.29, 0.717) is 11.3 Å². The highest BCUT2D eigenvalue weighted by Crippen LogP contribution is 2.24. The maximum absolute atomic E-state index is 12.2. The summed E-state index contributed by atoms with van der Waals surface area (Å²) in [5.41, 5.74) is 2.91. The number of carbonyl (C=O) groups excluding carboxylic acids is 1. The number of nitrogens with one attached hydrogen (secondary N) is 1. The number of anilines is 1. The molecule has 0 atom stereocenters. The molecule has 0 aliphatic carbocycles. The number of rotatable bonds is 3. The van der Waals surface area contributed by atoms with E-state index in [9.17, 15) is 9.90 Å². The molecule has 2 aromatic carbocycles. The Kier molecular flexibility index (Phi) is 3.66. The first-order valence-corrected chi connectivity index (χ1v) is 6.98. The van der Waals surface area contributed by atoms with Gasteiger partial charge in [-0.2, -0.15) is 0 Å². The second kappa shape index (κ2) is 5.77. The molecule has 3 rings (SSSR count). The van der Waals surface area contributed by atoms with Gasteiger partial charge in [-0.1, -0.05) is 6.07 Å². The molecule has 1 heterocycles. The standard InChI is InChI=1S/C18H16N2O2/c1-13-4-9-17(21)16(12-13)19-18(22)14-5-7-15(8-6-14)20-10-2-3-11-20/h2-12,21H,1H3,(H,19,22). The van der Waals surface area contributed by atoms with E-state index in [1.165, 1.54) is 0 Å². The molecule has 110 valence electrons. The highest BCUT2D eigenvalue weighted by atomic mass is 16.3. The summed E-state index contributed by atoms with van der Waals surface area (Å²) >= 11 is 0. The van der Waals surface area contributed by atoms with E-state index in [-0.39, 0.29) is 11.7 Å². The smallest absolute Gasteiger partial charge is 0.255 e. The number of phenolic OH excluding ortho intramolecular Hbond substituents is 1. The number of aromatic nitrogens is 1. The van der Waals surface area contributed by atoms with Crippen molar-refractivity contribution in [1.82, 2.24) is 4.57 Å². The zero-order valence-electron chi connectivity index (χ0n) is 12.2. The summed E-state index contributed by atoms with van der Waals surface area (Å²) in [4.78, 5) is 12.2. The van der Waals surface area contributed by atoms with Crippen molar-refractivity contribution < 1.29 is 9.90 Å². The zero-order chi connectivity index (χ0) is 15.5. The zero-order valence-corrected chi connectivity index (χ0v) is 12.2. The summed E-state index contributed by atoms with van der Waals surface area (Å²) in [5.74, 6) is -0.192. The summed E-state index contributed by atoms with van der Waals surface area (Å²) in [7, 11) is 0. The lowest BCUT2D eigenvalue weighted by atomic mass is 10.1. The number of carbonyl (C=O) groups is 1. The van der Waals surface area contributed by atoms with Crippen LogP contribution < -0.4 is 5.32 Å². The predicted octanol–water partition coefficient (Wildman–Crippen LogP) is 3.74. The highest BCUT2D eigenvalue weighted by molar-refractivity contribution is 6.05. The highest BCUT2D eigenvalue weighted by Gasteiger charge is 2.09. The third-order valence-electron chi connectivity index (χ3n) is 3.43. The minimum absolute atomic E-state index is 0.0583. The maximum atomic E-state index is 12.2. The van der Waals surface area contributed by atoms with Crippen LogP contribution in [0, 0.1) is 6.92 Å². The molecule has 4 heteroatoms. The molecule has 1 aromatic heterocycles. The predicted molar refractivity (Wildman–Crippen MR) is 86.6 cm³/mol. The Bertz CT molecular complexity index is 790. The first-order chi connectivity index (χ1) is 10.6. The molecule has 1 amide bonds. The molecular formula is C18H16N2O2. The van der Waals surface area contributed by atoms with E-state index in [4.69, 9.17) is 0 Å². The molecule has 0 fully saturated rings. The molecule has 2 N–H and O–H groups in total. The Morgan fingerprint density at radius 1 is 1.05 bits per heavy atom. The summed E-state index contributed by atoms with van der Waals surface area (Å²) < 4.78 is 1.97. The Labute approximate surface area is 128 Å². The third kappa shape index (κ3) is 2.86. The average molecular weight is 292 g/mol. The van der Waals surface area contributed by atoms with Crippen LogP contribution in [0.25, 0.3) is 5.69 Å². The van der Waals surface area contributed by atoms with Gasteiger partial charge in [0.2, 0.25) is 0 Å². The monoisotopic (exact) mass is 292 g/mol. The van der Waals surface area contributed by atoms with Gasteiger partial charge in [-0.3, -0.25) is 4.79 Å². The fraction of sp³-hybridized carbons (Fsp3) is 0.0556. The number of phenols is 1. The Morgan fingerprint density at radius 2 is 1.73 bits per heavy atom. The first kappa shape index (κ1) is 13.9. The van der Waals surface area contributed by atoms with Crippen LogP contribution in [0.2, 0.25) is 0 Å². The quantitative estimate of drug-likeness (QED) is 0.722. The van der Waals surface area contributed by atoms with E-state index in [1.807, 2.05) is 48.1 Å². The van der Waals surface area contributed by atoms with Gasteiger partial charge in [0, 0.05) is 23.6 Å². The third-order valence-corrected chi connectivity index (χ3v) is 3.43. The Balaban J connectivity index is 1.79.